The molecule has 0 fully saturated rings. The number of nitrogens with one attached hydrogen (secondary N) is 1. The molecule has 0 atom stereocenters. The molecular formula is C12H19NO. The minimum Gasteiger partial charge on any atom is -0.494 e. The van der Waals surface area contributed by atoms with Crippen molar-refractivity contribution < 1.29 is 4.74 Å². The van der Waals surface area contributed by atoms with E-state index >= 15 is 0 Å². The molecule has 2 nitrogen and oxygen atoms in total. The van der Waals surface area contributed by atoms with Crippen molar-refractivity contribution in [3.63, 3.8) is 0 Å². The summed E-state index contributed by atoms with van der Waals surface area (Å²) in [5, 5.41) is 3.30. The van der Waals surface area contributed by atoms with Gasteiger partial charge in [0.2, 0.25) is 0 Å². The molecule has 1 N–H and O–H groups in total. The van der Waals surface area contributed by atoms with Gasteiger partial charge in [0.15, 0.2) is 0 Å². The van der Waals surface area contributed by atoms with E-state index in [1.807, 2.05) is 13.0 Å². The fraction of sp³-hybridized carbons (Fsp3) is 0.500. The van der Waals surface area contributed by atoms with E-state index in [9.17, 15) is 0 Å². The summed E-state index contributed by atoms with van der Waals surface area (Å²) >= 11 is 0. The molecule has 0 saturated carbocycles. The molecule has 0 aliphatic carbocycles. The van der Waals surface area contributed by atoms with Crippen LogP contribution in [0.15, 0.2) is 18.2 Å². The van der Waals surface area contributed by atoms with Gasteiger partial charge in [-0.05, 0) is 44.0 Å². The normalized spacial score (nSPS) is 9.93. The Bertz CT molecular complexity index is 284. The Balaban J connectivity index is 2.87. The molecule has 0 amide bonds. The Morgan fingerprint density at radius 2 is 2.00 bits per heavy atom. The molecule has 0 saturated heterocycles. The molecule has 2 heteroatoms. The smallest absolute Gasteiger partial charge is 0.122 e. The van der Waals surface area contributed by atoms with Crippen LogP contribution in [0.1, 0.15) is 26.3 Å². The second-order valence-electron chi connectivity index (χ2n) is 3.14. The average Bonchev–Trinajstić information content (AvgIpc) is 2.21. The topological polar surface area (TPSA) is 21.3 Å². The molecule has 0 heterocycles. The molecule has 1 rings (SSSR count). The third-order valence-corrected chi connectivity index (χ3v) is 2.12. The Morgan fingerprint density at radius 3 is 2.57 bits per heavy atom. The molecule has 0 bridgehead atoms. The first-order chi connectivity index (χ1) is 6.81. The van der Waals surface area contributed by atoms with Crippen LogP contribution in [0.3, 0.4) is 0 Å². The summed E-state index contributed by atoms with van der Waals surface area (Å²) in [7, 11) is 0. The van der Waals surface area contributed by atoms with Gasteiger partial charge in [-0.15, -0.1) is 0 Å². The highest BCUT2D eigenvalue weighted by Crippen LogP contribution is 2.23. The number of hydrogen-bond acceptors (Lipinski definition) is 2. The summed E-state index contributed by atoms with van der Waals surface area (Å²) in [6.07, 6.45) is 1.01. The lowest BCUT2D eigenvalue weighted by molar-refractivity contribution is 0.337. The van der Waals surface area contributed by atoms with Crippen LogP contribution in [0.25, 0.3) is 0 Å². The SMILES string of the molecule is CCNc1ccc(OCC)c(CC)c1. The van der Waals surface area contributed by atoms with Crippen molar-refractivity contribution in [2.45, 2.75) is 27.2 Å². The number of hydrogen-bond donors (Lipinski definition) is 1. The van der Waals surface area contributed by atoms with E-state index in [1.165, 1.54) is 11.3 Å². The fourth-order valence-electron chi connectivity index (χ4n) is 1.47. The van der Waals surface area contributed by atoms with Crippen molar-refractivity contribution in [1.29, 1.82) is 0 Å². The van der Waals surface area contributed by atoms with Gasteiger partial charge in [-0.2, -0.15) is 0 Å². The quantitative estimate of drug-likeness (QED) is 0.776. The zero-order valence-electron chi connectivity index (χ0n) is 9.26. The lowest BCUT2D eigenvalue weighted by atomic mass is 10.1. The van der Waals surface area contributed by atoms with Gasteiger partial charge in [-0.3, -0.25) is 0 Å². The molecule has 0 aliphatic rings. The zero-order chi connectivity index (χ0) is 10.4. The summed E-state index contributed by atoms with van der Waals surface area (Å²) < 4.78 is 5.53. The minimum atomic E-state index is 0.730. The maximum atomic E-state index is 5.53. The van der Waals surface area contributed by atoms with Crippen LogP contribution in [-0.2, 0) is 6.42 Å². The second-order valence-corrected chi connectivity index (χ2v) is 3.14. The van der Waals surface area contributed by atoms with Crippen molar-refractivity contribution in [1.82, 2.24) is 0 Å². The maximum Gasteiger partial charge on any atom is 0.122 e. The van der Waals surface area contributed by atoms with E-state index in [1.54, 1.807) is 0 Å². The van der Waals surface area contributed by atoms with Gasteiger partial charge in [-0.1, -0.05) is 6.92 Å². The van der Waals surface area contributed by atoms with Gasteiger partial charge < -0.3 is 10.1 Å². The first-order valence-electron chi connectivity index (χ1n) is 5.31. The summed E-state index contributed by atoms with van der Waals surface area (Å²) in [5.41, 5.74) is 2.44. The Labute approximate surface area is 86.3 Å². The predicted octanol–water partition coefficient (Wildman–Crippen LogP) is 3.08. The Morgan fingerprint density at radius 1 is 1.21 bits per heavy atom. The van der Waals surface area contributed by atoms with Crippen LogP contribution < -0.4 is 10.1 Å². The number of benzene rings is 1. The first kappa shape index (κ1) is 10.9. The zero-order valence-corrected chi connectivity index (χ0v) is 9.26. The van der Waals surface area contributed by atoms with E-state index < -0.39 is 0 Å². The van der Waals surface area contributed by atoms with Gasteiger partial charge in [0.25, 0.3) is 0 Å². The van der Waals surface area contributed by atoms with Crippen molar-refractivity contribution in [2.24, 2.45) is 0 Å². The molecule has 1 aromatic rings. The van der Waals surface area contributed by atoms with Crippen molar-refractivity contribution in [2.75, 3.05) is 18.5 Å². The predicted molar refractivity (Wildman–Crippen MR) is 61.2 cm³/mol. The molecule has 1 aromatic carbocycles. The standard InChI is InChI=1S/C12H19NO/c1-4-10-9-11(13-5-2)7-8-12(10)14-6-3/h7-9,13H,4-6H2,1-3H3. The van der Waals surface area contributed by atoms with Crippen molar-refractivity contribution >= 4 is 5.69 Å². The van der Waals surface area contributed by atoms with Crippen LogP contribution in [-0.4, -0.2) is 13.2 Å². The van der Waals surface area contributed by atoms with Crippen molar-refractivity contribution in [3.05, 3.63) is 23.8 Å². The summed E-state index contributed by atoms with van der Waals surface area (Å²) in [6.45, 7) is 7.94. The number of aryl methyl sites for hydroxylation is 1. The van der Waals surface area contributed by atoms with Gasteiger partial charge >= 0.3 is 0 Å². The van der Waals surface area contributed by atoms with Crippen LogP contribution in [0, 0.1) is 0 Å². The van der Waals surface area contributed by atoms with Gasteiger partial charge in [0, 0.05) is 12.2 Å². The third-order valence-electron chi connectivity index (χ3n) is 2.12. The second kappa shape index (κ2) is 5.53. The highest BCUT2D eigenvalue weighted by Gasteiger charge is 2.02. The van der Waals surface area contributed by atoms with Crippen LogP contribution in [0.5, 0.6) is 5.75 Å². The lowest BCUT2D eigenvalue weighted by Crippen LogP contribution is -2.00. The summed E-state index contributed by atoms with van der Waals surface area (Å²) in [6, 6.07) is 6.27. The number of rotatable bonds is 5. The third kappa shape index (κ3) is 2.66. The molecule has 0 aliphatic heterocycles. The molecule has 0 spiro atoms. The average molecular weight is 193 g/mol. The maximum absolute atomic E-state index is 5.53. The molecular weight excluding hydrogens is 174 g/mol. The van der Waals surface area contributed by atoms with Gasteiger partial charge in [-0.25, -0.2) is 0 Å². The van der Waals surface area contributed by atoms with E-state index in [4.69, 9.17) is 4.74 Å². The molecule has 0 radical (unpaired) electrons. The largest absolute Gasteiger partial charge is 0.494 e. The van der Waals surface area contributed by atoms with Crippen LogP contribution >= 0.6 is 0 Å². The molecule has 0 aromatic heterocycles. The first-order valence-corrected chi connectivity index (χ1v) is 5.31. The number of anilines is 1. The van der Waals surface area contributed by atoms with Crippen LogP contribution in [0.4, 0.5) is 5.69 Å². The van der Waals surface area contributed by atoms with Gasteiger partial charge in [0.05, 0.1) is 6.61 Å². The number of ether oxygens (including phenoxy) is 1. The monoisotopic (exact) mass is 193 g/mol. The fourth-order valence-corrected chi connectivity index (χ4v) is 1.47. The van der Waals surface area contributed by atoms with E-state index in [0.29, 0.717) is 0 Å². The highest BCUT2D eigenvalue weighted by molar-refractivity contribution is 5.51. The van der Waals surface area contributed by atoms with Crippen molar-refractivity contribution in [3.8, 4) is 5.75 Å². The lowest BCUT2D eigenvalue weighted by Gasteiger charge is -2.11. The molecule has 0 unspecified atom stereocenters. The van der Waals surface area contributed by atoms with Crippen LogP contribution in [0.2, 0.25) is 0 Å². The summed E-state index contributed by atoms with van der Waals surface area (Å²) in [5.74, 6) is 1.01. The molecule has 78 valence electrons. The summed E-state index contributed by atoms with van der Waals surface area (Å²) in [4.78, 5) is 0. The van der Waals surface area contributed by atoms with Gasteiger partial charge in [0.1, 0.15) is 5.75 Å². The Kier molecular flexibility index (Phi) is 4.30. The highest BCUT2D eigenvalue weighted by atomic mass is 16.5. The van der Waals surface area contributed by atoms with E-state index in [2.05, 4.69) is 31.3 Å². The minimum absolute atomic E-state index is 0.730. The van der Waals surface area contributed by atoms with E-state index in [0.717, 1.165) is 25.3 Å². The Hall–Kier alpha value is -1.18. The van der Waals surface area contributed by atoms with E-state index in [-0.39, 0.29) is 0 Å². The molecule has 14 heavy (non-hydrogen) atoms.